The predicted octanol–water partition coefficient (Wildman–Crippen LogP) is 0.509. The smallest absolute Gasteiger partial charge is 0.145 e. The molecule has 1 atom stereocenters. The number of nitrogens with one attached hydrogen (secondary N) is 1. The molecule has 6 heteroatoms. The Balaban J connectivity index is 1.89. The standard InChI is InChI=1S/C14H16N6/c15-7-10-8-17-5-6-20(10)9-13-18-12-4-2-1-3-11(12)14(16)19-13/h1-4,10,17H,5-6,8-9H2,(H2,16,18,19). The molecule has 1 aromatic heterocycles. The fourth-order valence-corrected chi connectivity index (χ4v) is 2.47. The molecule has 0 radical (unpaired) electrons. The van der Waals surface area contributed by atoms with E-state index in [2.05, 4.69) is 26.3 Å². The maximum atomic E-state index is 9.17. The van der Waals surface area contributed by atoms with Gasteiger partial charge in [-0.15, -0.1) is 0 Å². The molecule has 0 spiro atoms. The van der Waals surface area contributed by atoms with Gasteiger partial charge in [0.2, 0.25) is 0 Å². The van der Waals surface area contributed by atoms with Gasteiger partial charge in [-0.25, -0.2) is 9.97 Å². The summed E-state index contributed by atoms with van der Waals surface area (Å²) in [6.07, 6.45) is 0. The first-order valence-electron chi connectivity index (χ1n) is 6.63. The third-order valence-electron chi connectivity index (χ3n) is 3.53. The summed E-state index contributed by atoms with van der Waals surface area (Å²) in [6, 6.07) is 9.86. The number of para-hydroxylation sites is 1. The molecule has 1 saturated heterocycles. The number of nitriles is 1. The summed E-state index contributed by atoms with van der Waals surface area (Å²) in [5.74, 6) is 1.16. The van der Waals surface area contributed by atoms with Gasteiger partial charge < -0.3 is 11.1 Å². The molecule has 0 bridgehead atoms. The summed E-state index contributed by atoms with van der Waals surface area (Å²) < 4.78 is 0. The zero-order chi connectivity index (χ0) is 13.9. The Bertz CT molecular complexity index is 662. The minimum Gasteiger partial charge on any atom is -0.383 e. The summed E-state index contributed by atoms with van der Waals surface area (Å²) >= 11 is 0. The van der Waals surface area contributed by atoms with Crippen molar-refractivity contribution < 1.29 is 0 Å². The van der Waals surface area contributed by atoms with E-state index >= 15 is 0 Å². The van der Waals surface area contributed by atoms with Gasteiger partial charge in [-0.05, 0) is 12.1 Å². The van der Waals surface area contributed by atoms with Crippen molar-refractivity contribution in [3.63, 3.8) is 0 Å². The van der Waals surface area contributed by atoms with Crippen LogP contribution in [0.25, 0.3) is 10.9 Å². The van der Waals surface area contributed by atoms with Crippen molar-refractivity contribution in [3.05, 3.63) is 30.1 Å². The Morgan fingerprint density at radius 2 is 2.25 bits per heavy atom. The van der Waals surface area contributed by atoms with Crippen molar-refractivity contribution in [1.82, 2.24) is 20.2 Å². The zero-order valence-corrected chi connectivity index (χ0v) is 11.1. The lowest BCUT2D eigenvalue weighted by Gasteiger charge is -2.31. The second-order valence-electron chi connectivity index (χ2n) is 4.86. The van der Waals surface area contributed by atoms with Crippen LogP contribution in [0.4, 0.5) is 5.82 Å². The number of hydrogen-bond donors (Lipinski definition) is 2. The highest BCUT2D eigenvalue weighted by atomic mass is 15.2. The highest BCUT2D eigenvalue weighted by molar-refractivity contribution is 5.87. The average Bonchev–Trinajstić information content (AvgIpc) is 2.48. The molecule has 1 fully saturated rings. The number of nitrogen functional groups attached to an aromatic ring is 1. The first-order chi connectivity index (χ1) is 9.78. The summed E-state index contributed by atoms with van der Waals surface area (Å²) in [6.45, 7) is 2.92. The number of nitrogens with zero attached hydrogens (tertiary/aromatic N) is 4. The molecule has 2 aromatic rings. The van der Waals surface area contributed by atoms with E-state index in [0.717, 1.165) is 24.0 Å². The third kappa shape index (κ3) is 2.41. The molecule has 1 unspecified atom stereocenters. The lowest BCUT2D eigenvalue weighted by atomic mass is 10.2. The van der Waals surface area contributed by atoms with Crippen LogP contribution >= 0.6 is 0 Å². The molecular weight excluding hydrogens is 252 g/mol. The van der Waals surface area contributed by atoms with Crippen LogP contribution in [0.5, 0.6) is 0 Å². The number of nitrogens with two attached hydrogens (primary N) is 1. The van der Waals surface area contributed by atoms with Crippen LogP contribution in [-0.4, -0.2) is 40.5 Å². The van der Waals surface area contributed by atoms with E-state index in [4.69, 9.17) is 11.0 Å². The number of aromatic nitrogens is 2. The van der Waals surface area contributed by atoms with Gasteiger partial charge in [-0.3, -0.25) is 4.90 Å². The largest absolute Gasteiger partial charge is 0.383 e. The molecule has 3 N–H and O–H groups in total. The van der Waals surface area contributed by atoms with Gasteiger partial charge in [-0.1, -0.05) is 12.1 Å². The molecule has 20 heavy (non-hydrogen) atoms. The molecule has 102 valence electrons. The zero-order valence-electron chi connectivity index (χ0n) is 11.1. The number of fused-ring (bicyclic) bond motifs is 1. The molecule has 3 rings (SSSR count). The van der Waals surface area contributed by atoms with E-state index in [1.807, 2.05) is 24.3 Å². The number of rotatable bonds is 2. The highest BCUT2D eigenvalue weighted by Gasteiger charge is 2.22. The van der Waals surface area contributed by atoms with Crippen LogP contribution in [-0.2, 0) is 6.54 Å². The van der Waals surface area contributed by atoms with E-state index < -0.39 is 0 Å². The van der Waals surface area contributed by atoms with Gasteiger partial charge in [0.1, 0.15) is 17.7 Å². The summed E-state index contributed by atoms with van der Waals surface area (Å²) in [5.41, 5.74) is 6.83. The van der Waals surface area contributed by atoms with Crippen molar-refractivity contribution in [1.29, 1.82) is 5.26 Å². The Morgan fingerprint density at radius 1 is 1.40 bits per heavy atom. The Hall–Kier alpha value is -2.23. The van der Waals surface area contributed by atoms with Gasteiger partial charge in [0.05, 0.1) is 18.1 Å². The van der Waals surface area contributed by atoms with E-state index in [0.29, 0.717) is 24.7 Å². The SMILES string of the molecule is N#CC1CNCCN1Cc1nc(N)c2ccccc2n1. The lowest BCUT2D eigenvalue weighted by molar-refractivity contribution is 0.185. The second kappa shape index (κ2) is 5.41. The number of anilines is 1. The minimum absolute atomic E-state index is 0.139. The summed E-state index contributed by atoms with van der Waals surface area (Å²) in [4.78, 5) is 11.0. The van der Waals surface area contributed by atoms with Crippen molar-refractivity contribution >= 4 is 16.7 Å². The normalized spacial score (nSPS) is 19.9. The van der Waals surface area contributed by atoms with Crippen LogP contribution in [0.2, 0.25) is 0 Å². The number of piperazine rings is 1. The topological polar surface area (TPSA) is 90.9 Å². The Morgan fingerprint density at radius 3 is 3.10 bits per heavy atom. The van der Waals surface area contributed by atoms with E-state index in [1.165, 1.54) is 0 Å². The molecule has 1 aromatic carbocycles. The van der Waals surface area contributed by atoms with Crippen LogP contribution in [0.15, 0.2) is 24.3 Å². The number of hydrogen-bond acceptors (Lipinski definition) is 6. The Labute approximate surface area is 117 Å². The maximum Gasteiger partial charge on any atom is 0.145 e. The average molecular weight is 268 g/mol. The molecule has 1 aliphatic heterocycles. The quantitative estimate of drug-likeness (QED) is 0.824. The second-order valence-corrected chi connectivity index (χ2v) is 4.86. The van der Waals surface area contributed by atoms with Crippen molar-refractivity contribution in [2.45, 2.75) is 12.6 Å². The van der Waals surface area contributed by atoms with Crippen LogP contribution < -0.4 is 11.1 Å². The lowest BCUT2D eigenvalue weighted by Crippen LogP contribution is -2.50. The van der Waals surface area contributed by atoms with Gasteiger partial charge in [0.25, 0.3) is 0 Å². The highest BCUT2D eigenvalue weighted by Crippen LogP contribution is 2.18. The fourth-order valence-electron chi connectivity index (χ4n) is 2.47. The van der Waals surface area contributed by atoms with E-state index in [9.17, 15) is 0 Å². The minimum atomic E-state index is -0.139. The van der Waals surface area contributed by atoms with Gasteiger partial charge >= 0.3 is 0 Å². The van der Waals surface area contributed by atoms with Crippen LogP contribution in [0.3, 0.4) is 0 Å². The third-order valence-corrected chi connectivity index (χ3v) is 3.53. The molecule has 2 heterocycles. The van der Waals surface area contributed by atoms with Crippen LogP contribution in [0, 0.1) is 11.3 Å². The monoisotopic (exact) mass is 268 g/mol. The Kier molecular flexibility index (Phi) is 3.46. The first-order valence-corrected chi connectivity index (χ1v) is 6.63. The van der Waals surface area contributed by atoms with Crippen molar-refractivity contribution in [2.24, 2.45) is 0 Å². The van der Waals surface area contributed by atoms with E-state index in [1.54, 1.807) is 0 Å². The predicted molar refractivity (Wildman–Crippen MR) is 76.6 cm³/mol. The molecule has 0 amide bonds. The van der Waals surface area contributed by atoms with E-state index in [-0.39, 0.29) is 6.04 Å². The number of benzene rings is 1. The summed E-state index contributed by atoms with van der Waals surface area (Å²) in [5, 5.41) is 13.3. The maximum absolute atomic E-state index is 9.17. The fraction of sp³-hybridized carbons (Fsp3) is 0.357. The van der Waals surface area contributed by atoms with Crippen LogP contribution in [0.1, 0.15) is 5.82 Å². The first kappa shape index (κ1) is 12.8. The van der Waals surface area contributed by atoms with Crippen molar-refractivity contribution in [3.8, 4) is 6.07 Å². The van der Waals surface area contributed by atoms with Gasteiger partial charge in [0, 0.05) is 25.0 Å². The van der Waals surface area contributed by atoms with Crippen molar-refractivity contribution in [2.75, 3.05) is 25.4 Å². The molecule has 6 nitrogen and oxygen atoms in total. The summed E-state index contributed by atoms with van der Waals surface area (Å²) in [7, 11) is 0. The molecule has 0 saturated carbocycles. The molecule has 1 aliphatic rings. The molecule has 0 aliphatic carbocycles. The van der Waals surface area contributed by atoms with Gasteiger partial charge in [-0.2, -0.15) is 5.26 Å². The van der Waals surface area contributed by atoms with Gasteiger partial charge in [0.15, 0.2) is 0 Å². The molecular formula is C14H16N6.